The number of hydrogen-bond acceptors (Lipinski definition) is 2. The summed E-state index contributed by atoms with van der Waals surface area (Å²) in [5.41, 5.74) is 7.21. The van der Waals surface area contributed by atoms with Gasteiger partial charge in [0.2, 0.25) is 0 Å². The first-order valence-electron chi connectivity index (χ1n) is 5.28. The normalized spacial score (nSPS) is 14.6. The van der Waals surface area contributed by atoms with E-state index in [9.17, 15) is 0 Å². The Hall–Kier alpha value is -0.650. The Kier molecular flexibility index (Phi) is 4.01. The number of aromatic nitrogens is 2. The Balaban J connectivity index is 2.42. The van der Waals surface area contributed by atoms with Crippen LogP contribution in [0, 0.1) is 0 Å². The Bertz CT molecular complexity index is 508. The fourth-order valence-electron chi connectivity index (χ4n) is 1.85. The van der Waals surface area contributed by atoms with Gasteiger partial charge in [0.15, 0.2) is 0 Å². The van der Waals surface area contributed by atoms with Crippen molar-refractivity contribution in [2.45, 2.75) is 19.0 Å². The van der Waals surface area contributed by atoms with E-state index in [0.29, 0.717) is 0 Å². The first-order chi connectivity index (χ1) is 8.08. The van der Waals surface area contributed by atoms with Crippen LogP contribution in [0.5, 0.6) is 0 Å². The van der Waals surface area contributed by atoms with Crippen LogP contribution < -0.4 is 5.73 Å². The van der Waals surface area contributed by atoms with Crippen LogP contribution in [0.3, 0.4) is 0 Å². The van der Waals surface area contributed by atoms with Gasteiger partial charge < -0.3 is 5.73 Å². The van der Waals surface area contributed by atoms with E-state index in [0.717, 1.165) is 14.5 Å². The minimum atomic E-state index is -0.0175. The molecule has 0 spiro atoms. The maximum absolute atomic E-state index is 6.07. The molecule has 0 fully saturated rings. The highest BCUT2D eigenvalue weighted by molar-refractivity contribution is 9.10. The zero-order valence-electron chi connectivity index (χ0n) is 9.35. The van der Waals surface area contributed by atoms with Crippen molar-refractivity contribution >= 4 is 31.9 Å². The Morgan fingerprint density at radius 1 is 1.29 bits per heavy atom. The molecular weight excluding hydrogens is 346 g/mol. The van der Waals surface area contributed by atoms with E-state index < -0.39 is 0 Å². The molecule has 17 heavy (non-hydrogen) atoms. The Morgan fingerprint density at radius 3 is 2.59 bits per heavy atom. The lowest BCUT2D eigenvalue weighted by molar-refractivity contribution is 0.453. The molecule has 2 unspecified atom stereocenters. The third-order valence-corrected chi connectivity index (χ3v) is 3.45. The minimum absolute atomic E-state index is 0.0175. The molecule has 2 atom stereocenters. The Morgan fingerprint density at radius 2 is 2.06 bits per heavy atom. The van der Waals surface area contributed by atoms with Gasteiger partial charge in [-0.1, -0.05) is 28.1 Å². The maximum atomic E-state index is 6.07. The maximum Gasteiger partial charge on any atom is 0.0917 e. The SMILES string of the molecule is CC(N)C(c1cccc(Br)c1)n1cc(Br)cn1. The van der Waals surface area contributed by atoms with E-state index in [1.807, 2.05) is 29.9 Å². The highest BCUT2D eigenvalue weighted by Gasteiger charge is 2.19. The molecule has 2 N–H and O–H groups in total. The second-order valence-electron chi connectivity index (χ2n) is 4.00. The summed E-state index contributed by atoms with van der Waals surface area (Å²) in [4.78, 5) is 0. The second kappa shape index (κ2) is 5.33. The minimum Gasteiger partial charge on any atom is -0.326 e. The molecule has 0 saturated heterocycles. The molecule has 1 aromatic heterocycles. The molecule has 5 heteroatoms. The number of rotatable bonds is 3. The molecule has 0 aliphatic heterocycles. The topological polar surface area (TPSA) is 43.8 Å². The van der Waals surface area contributed by atoms with Crippen molar-refractivity contribution in [3.05, 3.63) is 51.2 Å². The van der Waals surface area contributed by atoms with Crippen molar-refractivity contribution in [1.29, 1.82) is 0 Å². The molecule has 2 aromatic rings. The van der Waals surface area contributed by atoms with Gasteiger partial charge in [0.05, 0.1) is 16.7 Å². The summed E-state index contributed by atoms with van der Waals surface area (Å²) in [7, 11) is 0. The average Bonchev–Trinajstić information content (AvgIpc) is 2.64. The van der Waals surface area contributed by atoms with Crippen molar-refractivity contribution in [2.75, 3.05) is 0 Å². The fraction of sp³-hybridized carbons (Fsp3) is 0.250. The molecule has 0 aliphatic carbocycles. The van der Waals surface area contributed by atoms with Crippen LogP contribution in [0.2, 0.25) is 0 Å². The highest BCUT2D eigenvalue weighted by Crippen LogP contribution is 2.24. The molecule has 2 rings (SSSR count). The van der Waals surface area contributed by atoms with Gasteiger partial charge in [0, 0.05) is 16.7 Å². The molecular formula is C12H13Br2N3. The number of benzene rings is 1. The van der Waals surface area contributed by atoms with Gasteiger partial charge in [-0.25, -0.2) is 0 Å². The number of hydrogen-bond donors (Lipinski definition) is 1. The van der Waals surface area contributed by atoms with Crippen LogP contribution in [-0.2, 0) is 0 Å². The van der Waals surface area contributed by atoms with Gasteiger partial charge in [-0.05, 0) is 40.5 Å². The van der Waals surface area contributed by atoms with Crippen molar-refractivity contribution < 1.29 is 0 Å². The quantitative estimate of drug-likeness (QED) is 0.914. The summed E-state index contributed by atoms with van der Waals surface area (Å²) in [6.45, 7) is 1.99. The third-order valence-electron chi connectivity index (χ3n) is 2.54. The smallest absolute Gasteiger partial charge is 0.0917 e. The lowest BCUT2D eigenvalue weighted by Gasteiger charge is -2.22. The molecule has 0 radical (unpaired) electrons. The molecule has 1 aromatic carbocycles. The van der Waals surface area contributed by atoms with Gasteiger partial charge >= 0.3 is 0 Å². The summed E-state index contributed by atoms with van der Waals surface area (Å²) < 4.78 is 3.89. The predicted octanol–water partition coefficient (Wildman–Crippen LogP) is 3.34. The average molecular weight is 359 g/mol. The van der Waals surface area contributed by atoms with Crippen molar-refractivity contribution in [3.8, 4) is 0 Å². The van der Waals surface area contributed by atoms with Gasteiger partial charge in [-0.15, -0.1) is 0 Å². The van der Waals surface area contributed by atoms with Crippen LogP contribution in [0.1, 0.15) is 18.5 Å². The first kappa shape index (κ1) is 12.8. The van der Waals surface area contributed by atoms with Crippen LogP contribution in [-0.4, -0.2) is 15.8 Å². The molecule has 1 heterocycles. The third kappa shape index (κ3) is 2.97. The van der Waals surface area contributed by atoms with Gasteiger partial charge in [0.25, 0.3) is 0 Å². The summed E-state index contributed by atoms with van der Waals surface area (Å²) in [6, 6.07) is 8.17. The van der Waals surface area contributed by atoms with E-state index in [1.54, 1.807) is 6.20 Å². The first-order valence-corrected chi connectivity index (χ1v) is 6.87. The summed E-state index contributed by atoms with van der Waals surface area (Å²) in [5.74, 6) is 0. The van der Waals surface area contributed by atoms with Crippen molar-refractivity contribution in [1.82, 2.24) is 9.78 Å². The van der Waals surface area contributed by atoms with Gasteiger partial charge in [-0.3, -0.25) is 4.68 Å². The van der Waals surface area contributed by atoms with Crippen LogP contribution in [0.4, 0.5) is 0 Å². The molecule has 0 saturated carbocycles. The Labute approximate surface area is 117 Å². The monoisotopic (exact) mass is 357 g/mol. The van der Waals surface area contributed by atoms with Crippen molar-refractivity contribution in [3.63, 3.8) is 0 Å². The largest absolute Gasteiger partial charge is 0.326 e. The number of nitrogens with zero attached hydrogens (tertiary/aromatic N) is 2. The van der Waals surface area contributed by atoms with E-state index in [-0.39, 0.29) is 12.1 Å². The zero-order chi connectivity index (χ0) is 12.4. The van der Waals surface area contributed by atoms with Gasteiger partial charge in [0.1, 0.15) is 0 Å². The van der Waals surface area contributed by atoms with Gasteiger partial charge in [-0.2, -0.15) is 5.10 Å². The molecule has 0 aliphatic rings. The summed E-state index contributed by atoms with van der Waals surface area (Å²) in [6.07, 6.45) is 3.71. The lowest BCUT2D eigenvalue weighted by atomic mass is 10.0. The second-order valence-corrected chi connectivity index (χ2v) is 5.83. The van der Waals surface area contributed by atoms with Crippen LogP contribution in [0.25, 0.3) is 0 Å². The van der Waals surface area contributed by atoms with E-state index >= 15 is 0 Å². The molecule has 0 amide bonds. The zero-order valence-corrected chi connectivity index (χ0v) is 12.5. The van der Waals surface area contributed by atoms with Crippen molar-refractivity contribution in [2.24, 2.45) is 5.73 Å². The number of halogens is 2. The lowest BCUT2D eigenvalue weighted by Crippen LogP contribution is -2.30. The van der Waals surface area contributed by atoms with Crippen LogP contribution >= 0.6 is 31.9 Å². The highest BCUT2D eigenvalue weighted by atomic mass is 79.9. The molecule has 90 valence electrons. The fourth-order valence-corrected chi connectivity index (χ4v) is 2.57. The summed E-state index contributed by atoms with van der Waals surface area (Å²) in [5, 5.41) is 4.32. The van der Waals surface area contributed by atoms with E-state index in [2.05, 4.69) is 49.1 Å². The summed E-state index contributed by atoms with van der Waals surface area (Å²) >= 11 is 6.88. The molecule has 0 bridgehead atoms. The van der Waals surface area contributed by atoms with E-state index in [4.69, 9.17) is 5.73 Å². The van der Waals surface area contributed by atoms with Crippen LogP contribution in [0.15, 0.2) is 45.6 Å². The predicted molar refractivity (Wildman–Crippen MR) is 75.9 cm³/mol. The number of nitrogens with two attached hydrogens (primary N) is 1. The van der Waals surface area contributed by atoms with E-state index in [1.165, 1.54) is 0 Å². The molecule has 3 nitrogen and oxygen atoms in total. The standard InChI is InChI=1S/C12H13Br2N3/c1-8(15)12(17-7-11(14)6-16-17)9-3-2-4-10(13)5-9/h2-8,12H,15H2,1H3.